The quantitative estimate of drug-likeness (QED) is 0.167. The van der Waals surface area contributed by atoms with Crippen LogP contribution in [0.5, 0.6) is 5.75 Å². The van der Waals surface area contributed by atoms with Crippen molar-refractivity contribution in [2.24, 2.45) is 0 Å². The number of hydrogen-bond acceptors (Lipinski definition) is 3. The Hall–Kier alpha value is -3.58. The van der Waals surface area contributed by atoms with E-state index in [0.717, 1.165) is 26.9 Å². The van der Waals surface area contributed by atoms with Gasteiger partial charge in [0.25, 0.3) is 0 Å². The number of alkyl halides is 3. The predicted molar refractivity (Wildman–Crippen MR) is 120 cm³/mol. The monoisotopic (exact) mass is 452 g/mol. The van der Waals surface area contributed by atoms with E-state index in [1.165, 1.54) is 6.07 Å². The molecule has 0 N–H and O–H groups in total. The van der Waals surface area contributed by atoms with Gasteiger partial charge in [0, 0.05) is 5.56 Å². The molecule has 5 aromatic carbocycles. The fraction of sp³-hybridized carbons (Fsp3) is 0.0400. The number of halogens is 3. The molecule has 3 nitrogen and oxygen atoms in total. The molecule has 0 heterocycles. The number of benzene rings is 5. The van der Waals surface area contributed by atoms with Crippen molar-refractivity contribution in [2.75, 3.05) is 0 Å². The minimum Gasteiger partial charge on any atom is -0.375 e. The van der Waals surface area contributed by atoms with Crippen LogP contribution in [0.15, 0.2) is 91.0 Å². The van der Waals surface area contributed by atoms with Crippen molar-refractivity contribution in [1.29, 1.82) is 0 Å². The summed E-state index contributed by atoms with van der Waals surface area (Å²) in [6, 6.07) is 27.0. The van der Waals surface area contributed by atoms with E-state index in [4.69, 9.17) is 0 Å². The second kappa shape index (κ2) is 7.24. The van der Waals surface area contributed by atoms with E-state index in [2.05, 4.69) is 4.18 Å². The molecule has 0 saturated heterocycles. The zero-order valence-electron chi connectivity index (χ0n) is 16.4. The third-order valence-electron chi connectivity index (χ3n) is 5.39. The van der Waals surface area contributed by atoms with E-state index in [-0.39, 0.29) is 11.3 Å². The molecule has 0 spiro atoms. The molecule has 0 amide bonds. The van der Waals surface area contributed by atoms with Crippen LogP contribution >= 0.6 is 0 Å². The smallest absolute Gasteiger partial charge is 0.375 e. The molecular weight excluding hydrogens is 437 g/mol. The Balaban J connectivity index is 1.87. The Morgan fingerprint density at radius 3 is 1.75 bits per heavy atom. The molecule has 0 aliphatic rings. The van der Waals surface area contributed by atoms with E-state index in [0.29, 0.717) is 10.9 Å². The minimum absolute atomic E-state index is 0.262. The van der Waals surface area contributed by atoms with Crippen LogP contribution in [0.2, 0.25) is 0 Å². The second-order valence-electron chi connectivity index (χ2n) is 7.37. The molecule has 0 atom stereocenters. The van der Waals surface area contributed by atoms with Crippen molar-refractivity contribution in [2.45, 2.75) is 5.51 Å². The van der Waals surface area contributed by atoms with E-state index in [1.807, 2.05) is 60.7 Å². The zero-order valence-corrected chi connectivity index (χ0v) is 17.2. The maximum absolute atomic E-state index is 13.1. The molecule has 0 bridgehead atoms. The van der Waals surface area contributed by atoms with Gasteiger partial charge in [0.1, 0.15) is 0 Å². The average Bonchev–Trinajstić information content (AvgIpc) is 2.77. The lowest BCUT2D eigenvalue weighted by Gasteiger charge is -2.17. The third-order valence-corrected chi connectivity index (χ3v) is 6.35. The third kappa shape index (κ3) is 3.35. The summed E-state index contributed by atoms with van der Waals surface area (Å²) in [4.78, 5) is 0. The van der Waals surface area contributed by atoms with Crippen LogP contribution in [0.1, 0.15) is 0 Å². The first kappa shape index (κ1) is 20.3. The largest absolute Gasteiger partial charge is 0.534 e. The normalized spacial score (nSPS) is 12.5. The Morgan fingerprint density at radius 1 is 0.594 bits per heavy atom. The number of rotatable bonds is 3. The summed E-state index contributed by atoms with van der Waals surface area (Å²) in [6.45, 7) is 0. The Bertz CT molecular complexity index is 1610. The number of hydrogen-bond donors (Lipinski definition) is 0. The van der Waals surface area contributed by atoms with Gasteiger partial charge >= 0.3 is 15.6 Å². The van der Waals surface area contributed by atoms with Gasteiger partial charge in [-0.05, 0) is 56.1 Å². The molecule has 0 aromatic heterocycles. The topological polar surface area (TPSA) is 43.4 Å². The molecule has 0 fully saturated rings. The lowest BCUT2D eigenvalue weighted by atomic mass is 9.92. The molecule has 32 heavy (non-hydrogen) atoms. The summed E-state index contributed by atoms with van der Waals surface area (Å²) in [5.41, 5.74) is -4.70. The average molecular weight is 452 g/mol. The van der Waals surface area contributed by atoms with Crippen LogP contribution in [-0.2, 0) is 10.1 Å². The Kier molecular flexibility index (Phi) is 4.60. The summed E-state index contributed by atoms with van der Waals surface area (Å²) in [7, 11) is -5.85. The lowest BCUT2D eigenvalue weighted by molar-refractivity contribution is -0.0499. The standard InChI is InChI=1S/C25H15F3O3S/c26-25(27,28)32(29,30)31-24-15-17-8-2-1-7-16(17)13-23(24)22-14-18-9-3-4-10-19(18)20-11-5-6-12-21(20)22/h1-15H. The van der Waals surface area contributed by atoms with E-state index in [1.54, 1.807) is 24.3 Å². The van der Waals surface area contributed by atoms with E-state index < -0.39 is 15.6 Å². The van der Waals surface area contributed by atoms with Crippen molar-refractivity contribution in [3.05, 3.63) is 91.0 Å². The van der Waals surface area contributed by atoms with Crippen LogP contribution in [-0.4, -0.2) is 13.9 Å². The van der Waals surface area contributed by atoms with Crippen LogP contribution < -0.4 is 4.18 Å². The van der Waals surface area contributed by atoms with Gasteiger partial charge in [0.15, 0.2) is 5.75 Å². The molecule has 0 saturated carbocycles. The fourth-order valence-corrected chi connectivity index (χ4v) is 4.41. The Morgan fingerprint density at radius 2 is 1.09 bits per heavy atom. The van der Waals surface area contributed by atoms with Crippen LogP contribution in [0.25, 0.3) is 43.4 Å². The summed E-state index contributed by atoms with van der Waals surface area (Å²) in [6.07, 6.45) is 0. The van der Waals surface area contributed by atoms with Gasteiger partial charge < -0.3 is 4.18 Å². The summed E-state index contributed by atoms with van der Waals surface area (Å²) in [5, 5.41) is 4.84. The van der Waals surface area contributed by atoms with E-state index in [9.17, 15) is 21.6 Å². The van der Waals surface area contributed by atoms with Crippen molar-refractivity contribution in [1.82, 2.24) is 0 Å². The molecule has 5 aromatic rings. The molecule has 5 rings (SSSR count). The van der Waals surface area contributed by atoms with Gasteiger partial charge in [-0.1, -0.05) is 72.8 Å². The summed E-state index contributed by atoms with van der Waals surface area (Å²) in [5.74, 6) is -0.374. The molecule has 0 aliphatic carbocycles. The van der Waals surface area contributed by atoms with Gasteiger partial charge in [-0.25, -0.2) is 0 Å². The van der Waals surface area contributed by atoms with Crippen molar-refractivity contribution in [3.8, 4) is 16.9 Å². The molecule has 7 heteroatoms. The van der Waals surface area contributed by atoms with Gasteiger partial charge in [-0.2, -0.15) is 21.6 Å². The van der Waals surface area contributed by atoms with Gasteiger partial charge in [0.05, 0.1) is 0 Å². The van der Waals surface area contributed by atoms with Crippen molar-refractivity contribution < 1.29 is 25.8 Å². The summed E-state index contributed by atoms with van der Waals surface area (Å²) < 4.78 is 67.8. The van der Waals surface area contributed by atoms with Crippen molar-refractivity contribution >= 4 is 42.4 Å². The zero-order chi connectivity index (χ0) is 22.5. The molecule has 160 valence electrons. The van der Waals surface area contributed by atoms with Crippen LogP contribution in [0.4, 0.5) is 13.2 Å². The first-order valence-corrected chi connectivity index (χ1v) is 11.1. The predicted octanol–water partition coefficient (Wildman–Crippen LogP) is 7.04. The van der Waals surface area contributed by atoms with Gasteiger partial charge in [-0.15, -0.1) is 0 Å². The molecule has 0 aliphatic heterocycles. The maximum atomic E-state index is 13.1. The molecular formula is C25H15F3O3S. The van der Waals surface area contributed by atoms with Crippen molar-refractivity contribution in [3.63, 3.8) is 0 Å². The van der Waals surface area contributed by atoms with Crippen LogP contribution in [0.3, 0.4) is 0 Å². The molecule has 0 unspecified atom stereocenters. The van der Waals surface area contributed by atoms with Gasteiger partial charge in [0.2, 0.25) is 0 Å². The minimum atomic E-state index is -5.85. The van der Waals surface area contributed by atoms with Crippen LogP contribution in [0, 0.1) is 0 Å². The number of fused-ring (bicyclic) bond motifs is 4. The highest BCUT2D eigenvalue weighted by Gasteiger charge is 2.48. The SMILES string of the molecule is O=S(=O)(Oc1cc2ccccc2cc1-c1cc2ccccc2c2ccccc12)C(F)(F)F. The highest BCUT2D eigenvalue weighted by atomic mass is 32.2. The lowest BCUT2D eigenvalue weighted by Crippen LogP contribution is -2.28. The highest BCUT2D eigenvalue weighted by molar-refractivity contribution is 7.88. The second-order valence-corrected chi connectivity index (χ2v) is 8.91. The summed E-state index contributed by atoms with van der Waals surface area (Å²) >= 11 is 0. The first-order chi connectivity index (χ1) is 15.2. The Labute approximate surface area is 181 Å². The van der Waals surface area contributed by atoms with Gasteiger partial charge in [-0.3, -0.25) is 0 Å². The molecule has 0 radical (unpaired) electrons. The van der Waals surface area contributed by atoms with E-state index >= 15 is 0 Å². The maximum Gasteiger partial charge on any atom is 0.534 e. The highest BCUT2D eigenvalue weighted by Crippen LogP contribution is 2.42. The first-order valence-electron chi connectivity index (χ1n) is 9.69. The fourth-order valence-electron chi connectivity index (χ4n) is 3.94.